The second-order valence-electron chi connectivity index (χ2n) is 5.68. The van der Waals surface area contributed by atoms with Gasteiger partial charge in [-0.15, -0.1) is 0 Å². The Morgan fingerprint density at radius 2 is 1.91 bits per heavy atom. The van der Waals surface area contributed by atoms with E-state index in [1.54, 1.807) is 14.2 Å². The summed E-state index contributed by atoms with van der Waals surface area (Å²) in [5.74, 6) is 0.830. The number of nitrogens with one attached hydrogen (secondary N) is 2. The van der Waals surface area contributed by atoms with E-state index >= 15 is 0 Å². The Hall–Kier alpha value is -2.04. The van der Waals surface area contributed by atoms with E-state index in [9.17, 15) is 9.59 Å². The fourth-order valence-corrected chi connectivity index (χ4v) is 2.30. The lowest BCUT2D eigenvalue weighted by atomic mass is 10.0. The number of hydrogen-bond donors (Lipinski definition) is 2. The highest BCUT2D eigenvalue weighted by atomic mass is 16.5. The number of hydrogen-bond acceptors (Lipinski definition) is 3. The van der Waals surface area contributed by atoms with Crippen LogP contribution >= 0.6 is 0 Å². The molecule has 2 N–H and O–H groups in total. The molecule has 2 amide bonds. The van der Waals surface area contributed by atoms with Crippen molar-refractivity contribution in [3.8, 4) is 5.75 Å². The van der Waals surface area contributed by atoms with Crippen molar-refractivity contribution >= 4 is 11.8 Å². The number of carbonyl (C=O) groups excluding carboxylic acids is 2. The maximum absolute atomic E-state index is 12.1. The van der Waals surface area contributed by atoms with E-state index in [0.29, 0.717) is 25.2 Å². The minimum Gasteiger partial charge on any atom is -0.496 e. The molecule has 1 aromatic carbocycles. The third-order valence-corrected chi connectivity index (χ3v) is 3.42. The van der Waals surface area contributed by atoms with Crippen molar-refractivity contribution in [3.63, 3.8) is 0 Å². The molecular weight excluding hydrogens is 280 g/mol. The van der Waals surface area contributed by atoms with E-state index in [0.717, 1.165) is 11.3 Å². The van der Waals surface area contributed by atoms with Crippen LogP contribution in [0.5, 0.6) is 5.75 Å². The summed E-state index contributed by atoms with van der Waals surface area (Å²) < 4.78 is 5.27. The number of aryl methyl sites for hydroxylation is 1. The second-order valence-corrected chi connectivity index (χ2v) is 5.68. The van der Waals surface area contributed by atoms with Crippen LogP contribution in [-0.2, 0) is 16.0 Å². The van der Waals surface area contributed by atoms with Crippen LogP contribution in [0.2, 0.25) is 0 Å². The molecule has 1 unspecified atom stereocenters. The molecule has 0 bridgehead atoms. The minimum absolute atomic E-state index is 0.125. The van der Waals surface area contributed by atoms with Crippen molar-refractivity contribution in [1.82, 2.24) is 10.6 Å². The molecule has 122 valence electrons. The standard InChI is InChI=1S/C17H26N2O3/c1-12(2)11-14(17(21)18-3)19-16(20)10-9-13-7-5-6-8-15(13)22-4/h5-8,12,14H,9-11H2,1-4H3,(H,18,21)(H,19,20). The molecule has 0 heterocycles. The number of benzene rings is 1. The van der Waals surface area contributed by atoms with E-state index < -0.39 is 6.04 Å². The quantitative estimate of drug-likeness (QED) is 0.771. The van der Waals surface area contributed by atoms with Crippen molar-refractivity contribution in [2.24, 2.45) is 5.92 Å². The SMILES string of the molecule is CNC(=O)C(CC(C)C)NC(=O)CCc1ccccc1OC. The van der Waals surface area contributed by atoms with Crippen LogP contribution in [0, 0.1) is 5.92 Å². The van der Waals surface area contributed by atoms with Gasteiger partial charge in [-0.05, 0) is 30.4 Å². The van der Waals surface area contributed by atoms with Crippen LogP contribution in [0.4, 0.5) is 0 Å². The molecule has 1 aromatic rings. The van der Waals surface area contributed by atoms with E-state index in [-0.39, 0.29) is 11.8 Å². The van der Waals surface area contributed by atoms with Gasteiger partial charge in [0.1, 0.15) is 11.8 Å². The van der Waals surface area contributed by atoms with Gasteiger partial charge in [-0.2, -0.15) is 0 Å². The molecule has 22 heavy (non-hydrogen) atoms. The molecule has 0 saturated carbocycles. The first-order valence-corrected chi connectivity index (χ1v) is 7.60. The largest absolute Gasteiger partial charge is 0.496 e. The van der Waals surface area contributed by atoms with E-state index in [2.05, 4.69) is 10.6 Å². The fraction of sp³-hybridized carbons (Fsp3) is 0.529. The summed E-state index contributed by atoms with van der Waals surface area (Å²) in [6, 6.07) is 7.15. The average Bonchev–Trinajstić information content (AvgIpc) is 2.51. The Morgan fingerprint density at radius 3 is 2.50 bits per heavy atom. The minimum atomic E-state index is -0.477. The molecule has 0 spiro atoms. The van der Waals surface area contributed by atoms with Gasteiger partial charge in [0, 0.05) is 13.5 Å². The summed E-state index contributed by atoms with van der Waals surface area (Å²) in [6.45, 7) is 4.05. The predicted molar refractivity (Wildman–Crippen MR) is 86.8 cm³/mol. The van der Waals surface area contributed by atoms with Gasteiger partial charge in [0.15, 0.2) is 0 Å². The van der Waals surface area contributed by atoms with Crippen LogP contribution in [-0.4, -0.2) is 32.0 Å². The summed E-state index contributed by atoms with van der Waals surface area (Å²) in [6.07, 6.45) is 1.53. The summed E-state index contributed by atoms with van der Waals surface area (Å²) in [5.41, 5.74) is 0.987. The molecule has 1 atom stereocenters. The lowest BCUT2D eigenvalue weighted by Gasteiger charge is -2.19. The van der Waals surface area contributed by atoms with Gasteiger partial charge in [0.25, 0.3) is 0 Å². The zero-order valence-electron chi connectivity index (χ0n) is 13.8. The Labute approximate surface area is 132 Å². The molecule has 0 aromatic heterocycles. The average molecular weight is 306 g/mol. The number of likely N-dealkylation sites (N-methyl/N-ethyl adjacent to an activating group) is 1. The summed E-state index contributed by atoms with van der Waals surface area (Å²) in [5, 5.41) is 5.41. The first-order valence-electron chi connectivity index (χ1n) is 7.60. The third kappa shape index (κ3) is 5.76. The number of para-hydroxylation sites is 1. The van der Waals surface area contributed by atoms with Crippen LogP contribution in [0.25, 0.3) is 0 Å². The van der Waals surface area contributed by atoms with E-state index in [1.807, 2.05) is 38.1 Å². The van der Waals surface area contributed by atoms with E-state index in [4.69, 9.17) is 4.74 Å². The monoisotopic (exact) mass is 306 g/mol. The molecule has 0 saturated heterocycles. The van der Waals surface area contributed by atoms with Gasteiger partial charge in [0.05, 0.1) is 7.11 Å². The number of ether oxygens (including phenoxy) is 1. The van der Waals surface area contributed by atoms with Crippen LogP contribution < -0.4 is 15.4 Å². The molecule has 0 aliphatic carbocycles. The Kier molecular flexibility index (Phi) is 7.43. The molecular formula is C17H26N2O3. The van der Waals surface area contributed by atoms with Gasteiger partial charge in [-0.1, -0.05) is 32.0 Å². The topological polar surface area (TPSA) is 67.4 Å². The molecule has 0 radical (unpaired) electrons. The van der Waals surface area contributed by atoms with Crippen LogP contribution in [0.1, 0.15) is 32.3 Å². The predicted octanol–water partition coefficient (Wildman–Crippen LogP) is 1.90. The second kappa shape index (κ2) is 9.07. The molecule has 0 fully saturated rings. The van der Waals surface area contributed by atoms with Gasteiger partial charge in [-0.3, -0.25) is 9.59 Å². The zero-order valence-corrected chi connectivity index (χ0v) is 13.8. The van der Waals surface area contributed by atoms with Gasteiger partial charge < -0.3 is 15.4 Å². The zero-order chi connectivity index (χ0) is 16.5. The highest BCUT2D eigenvalue weighted by molar-refractivity contribution is 5.87. The first-order chi connectivity index (χ1) is 10.5. The number of amides is 2. The van der Waals surface area contributed by atoms with Crippen LogP contribution in [0.3, 0.4) is 0 Å². The highest BCUT2D eigenvalue weighted by Gasteiger charge is 2.20. The van der Waals surface area contributed by atoms with Crippen molar-refractivity contribution < 1.29 is 14.3 Å². The lowest BCUT2D eigenvalue weighted by Crippen LogP contribution is -2.46. The number of carbonyl (C=O) groups is 2. The Morgan fingerprint density at radius 1 is 1.23 bits per heavy atom. The van der Waals surface area contributed by atoms with E-state index in [1.165, 1.54) is 0 Å². The Bertz CT molecular complexity index is 500. The molecule has 5 heteroatoms. The van der Waals surface area contributed by atoms with Crippen molar-refractivity contribution in [2.45, 2.75) is 39.2 Å². The molecule has 0 aliphatic rings. The van der Waals surface area contributed by atoms with Gasteiger partial charge >= 0.3 is 0 Å². The number of rotatable bonds is 8. The summed E-state index contributed by atoms with van der Waals surface area (Å²) >= 11 is 0. The van der Waals surface area contributed by atoms with Crippen molar-refractivity contribution in [3.05, 3.63) is 29.8 Å². The Balaban J connectivity index is 2.58. The summed E-state index contributed by atoms with van der Waals surface area (Å²) in [7, 11) is 3.19. The maximum atomic E-state index is 12.1. The van der Waals surface area contributed by atoms with Gasteiger partial charge in [0.2, 0.25) is 11.8 Å². The normalized spacial score (nSPS) is 11.9. The van der Waals surface area contributed by atoms with Crippen LogP contribution in [0.15, 0.2) is 24.3 Å². The fourth-order valence-electron chi connectivity index (χ4n) is 2.30. The summed E-state index contributed by atoms with van der Waals surface area (Å²) in [4.78, 5) is 23.9. The molecule has 0 aliphatic heterocycles. The molecule has 1 rings (SSSR count). The maximum Gasteiger partial charge on any atom is 0.242 e. The molecule has 5 nitrogen and oxygen atoms in total. The third-order valence-electron chi connectivity index (χ3n) is 3.42. The first kappa shape index (κ1) is 18.0. The van der Waals surface area contributed by atoms with Crippen molar-refractivity contribution in [2.75, 3.05) is 14.2 Å². The lowest BCUT2D eigenvalue weighted by molar-refractivity contribution is -0.129. The highest BCUT2D eigenvalue weighted by Crippen LogP contribution is 2.18. The smallest absolute Gasteiger partial charge is 0.242 e. The van der Waals surface area contributed by atoms with Gasteiger partial charge in [-0.25, -0.2) is 0 Å². The van der Waals surface area contributed by atoms with Crippen molar-refractivity contribution in [1.29, 1.82) is 0 Å². The number of methoxy groups -OCH3 is 1.